The van der Waals surface area contributed by atoms with Crippen molar-refractivity contribution >= 4 is 17.6 Å². The molecule has 1 fully saturated rings. The van der Waals surface area contributed by atoms with E-state index in [0.29, 0.717) is 11.3 Å². The number of primary amides is 1. The number of hydrogen-bond donors (Lipinski definition) is 3. The maximum atomic E-state index is 12.3. The van der Waals surface area contributed by atoms with Gasteiger partial charge in [0.1, 0.15) is 17.2 Å². The van der Waals surface area contributed by atoms with Gasteiger partial charge in [-0.05, 0) is 43.2 Å². The minimum absolute atomic E-state index is 0.0874. The van der Waals surface area contributed by atoms with Crippen LogP contribution in [0.4, 0.5) is 23.7 Å². The summed E-state index contributed by atoms with van der Waals surface area (Å²) in [4.78, 5) is 22.6. The zero-order valence-electron chi connectivity index (χ0n) is 18.9. The fourth-order valence-corrected chi connectivity index (χ4v) is 3.35. The number of nitrogens with one attached hydrogen (secondary N) is 2. The van der Waals surface area contributed by atoms with Crippen molar-refractivity contribution in [3.8, 4) is 17.2 Å². The number of amides is 3. The first kappa shape index (κ1) is 26.6. The number of benzene rings is 2. The minimum atomic E-state index is -4.80. The quantitative estimate of drug-likeness (QED) is 0.544. The van der Waals surface area contributed by atoms with E-state index in [2.05, 4.69) is 15.4 Å². The number of carbonyl (C=O) groups is 2. The van der Waals surface area contributed by atoms with Crippen molar-refractivity contribution in [2.45, 2.75) is 44.5 Å². The summed E-state index contributed by atoms with van der Waals surface area (Å²) in [6.45, 7) is 0. The molecule has 0 atom stereocenters. The summed E-state index contributed by atoms with van der Waals surface area (Å²) in [7, 11) is 2.91. The zero-order valence-corrected chi connectivity index (χ0v) is 18.9. The Labute approximate surface area is 195 Å². The second-order valence-electron chi connectivity index (χ2n) is 7.44. The predicted octanol–water partition coefficient (Wildman–Crippen LogP) is 4.84. The van der Waals surface area contributed by atoms with Crippen LogP contribution in [0.5, 0.6) is 17.2 Å². The van der Waals surface area contributed by atoms with E-state index in [9.17, 15) is 22.8 Å². The lowest BCUT2D eigenvalue weighted by Crippen LogP contribution is -2.39. The Bertz CT molecular complexity index is 963. The highest BCUT2D eigenvalue weighted by molar-refractivity contribution is 5.93. The molecular formula is C23H28F3N3O5. The first-order valence-electron chi connectivity index (χ1n) is 10.6. The van der Waals surface area contributed by atoms with Crippen LogP contribution in [-0.4, -0.2) is 38.6 Å². The molecule has 1 aliphatic rings. The number of rotatable bonds is 6. The van der Waals surface area contributed by atoms with Crippen molar-refractivity contribution in [3.63, 3.8) is 0 Å². The molecule has 3 amide bonds. The summed E-state index contributed by atoms with van der Waals surface area (Å²) in [5.41, 5.74) is 5.62. The van der Waals surface area contributed by atoms with Crippen molar-refractivity contribution in [1.29, 1.82) is 0 Å². The second-order valence-corrected chi connectivity index (χ2v) is 7.44. The fourth-order valence-electron chi connectivity index (χ4n) is 3.35. The number of halogens is 3. The zero-order chi connectivity index (χ0) is 25.1. The van der Waals surface area contributed by atoms with Gasteiger partial charge in [0, 0.05) is 17.7 Å². The van der Waals surface area contributed by atoms with Gasteiger partial charge in [-0.25, -0.2) is 4.79 Å². The van der Waals surface area contributed by atoms with Crippen molar-refractivity contribution in [1.82, 2.24) is 5.32 Å². The van der Waals surface area contributed by atoms with Crippen LogP contribution in [0.25, 0.3) is 0 Å². The molecule has 0 aliphatic heterocycles. The molecule has 4 N–H and O–H groups in total. The molecule has 2 aromatic rings. The first-order valence-corrected chi connectivity index (χ1v) is 10.6. The van der Waals surface area contributed by atoms with Gasteiger partial charge in [0.25, 0.3) is 0 Å². The summed E-state index contributed by atoms with van der Waals surface area (Å²) < 4.78 is 50.6. The van der Waals surface area contributed by atoms with E-state index in [4.69, 9.17) is 15.2 Å². The number of urea groups is 1. The van der Waals surface area contributed by atoms with Gasteiger partial charge in [0.05, 0.1) is 19.9 Å². The molecule has 1 saturated carbocycles. The fraction of sp³-hybridized carbons (Fsp3) is 0.391. The van der Waals surface area contributed by atoms with E-state index in [0.717, 1.165) is 44.2 Å². The second kappa shape index (κ2) is 12.6. The molecule has 11 heteroatoms. The number of methoxy groups -OCH3 is 2. The molecule has 3 rings (SSSR count). The van der Waals surface area contributed by atoms with Gasteiger partial charge in [-0.2, -0.15) is 0 Å². The third kappa shape index (κ3) is 9.08. The molecule has 1 aliphatic carbocycles. The lowest BCUT2D eigenvalue weighted by atomic mass is 9.96. The number of alkyl halides is 3. The lowest BCUT2D eigenvalue weighted by Gasteiger charge is -2.23. The molecule has 2 aromatic carbocycles. The summed E-state index contributed by atoms with van der Waals surface area (Å²) in [6, 6.07) is 9.84. The smallest absolute Gasteiger partial charge is 0.497 e. The summed E-state index contributed by atoms with van der Waals surface area (Å²) in [5, 5.41) is 5.33. The number of hydrogen-bond acceptors (Lipinski definition) is 5. The molecule has 0 radical (unpaired) electrons. The van der Waals surface area contributed by atoms with Crippen LogP contribution < -0.4 is 30.6 Å². The van der Waals surface area contributed by atoms with Crippen molar-refractivity contribution in [3.05, 3.63) is 48.0 Å². The van der Waals surface area contributed by atoms with Gasteiger partial charge >= 0.3 is 12.4 Å². The molecule has 0 unspecified atom stereocenters. The molecule has 0 saturated heterocycles. The van der Waals surface area contributed by atoms with E-state index in [1.54, 1.807) is 31.4 Å². The molecule has 186 valence electrons. The molecule has 0 heterocycles. The lowest BCUT2D eigenvalue weighted by molar-refractivity contribution is -0.274. The third-order valence-corrected chi connectivity index (χ3v) is 4.95. The summed E-state index contributed by atoms with van der Waals surface area (Å²) >= 11 is 0. The predicted molar refractivity (Wildman–Crippen MR) is 120 cm³/mol. The molecule has 0 aromatic heterocycles. The monoisotopic (exact) mass is 483 g/mol. The molecule has 8 nitrogen and oxygen atoms in total. The number of carbonyl (C=O) groups excluding carboxylic acids is 2. The molecule has 0 bridgehead atoms. The molecule has 34 heavy (non-hydrogen) atoms. The van der Waals surface area contributed by atoms with Crippen LogP contribution in [0.3, 0.4) is 0 Å². The van der Waals surface area contributed by atoms with E-state index in [-0.39, 0.29) is 17.5 Å². The Morgan fingerprint density at radius 3 is 2.26 bits per heavy atom. The van der Waals surface area contributed by atoms with Gasteiger partial charge in [-0.1, -0.05) is 25.3 Å². The minimum Gasteiger partial charge on any atom is -0.497 e. The summed E-state index contributed by atoms with van der Waals surface area (Å²) in [6.07, 6.45) is 0.288. The Hall–Kier alpha value is -3.63. The Balaban J connectivity index is 0.000000310. The van der Waals surface area contributed by atoms with Crippen LogP contribution in [-0.2, 0) is 0 Å². The average Bonchev–Trinajstić information content (AvgIpc) is 2.79. The highest BCUT2D eigenvalue weighted by Gasteiger charge is 2.31. The van der Waals surface area contributed by atoms with E-state index < -0.39 is 24.1 Å². The van der Waals surface area contributed by atoms with Gasteiger partial charge in [-0.15, -0.1) is 13.2 Å². The van der Waals surface area contributed by atoms with Crippen LogP contribution in [0, 0.1) is 0 Å². The highest BCUT2D eigenvalue weighted by atomic mass is 19.4. The number of ether oxygens (including phenoxy) is 3. The van der Waals surface area contributed by atoms with E-state index >= 15 is 0 Å². The standard InChI is InChI=1S/C15H19F3N2O3.C8H9NO2/c1-22-13-8-7-11(23-15(16,17)18)9-12(13)20-14(21)19-10-5-3-2-4-6-10;1-11-7-4-2-3-6(5-7)8(9)10/h7-10H,2-6H2,1H3,(H2,19,20,21);2-5H,1H3,(H2,9,10). The summed E-state index contributed by atoms with van der Waals surface area (Å²) in [5.74, 6) is 0.0229. The van der Waals surface area contributed by atoms with Crippen molar-refractivity contribution in [2.75, 3.05) is 19.5 Å². The van der Waals surface area contributed by atoms with E-state index in [1.165, 1.54) is 13.2 Å². The van der Waals surface area contributed by atoms with Crippen molar-refractivity contribution < 1.29 is 37.0 Å². The topological polar surface area (TPSA) is 112 Å². The highest BCUT2D eigenvalue weighted by Crippen LogP contribution is 2.32. The van der Waals surface area contributed by atoms with Gasteiger partial charge in [0.15, 0.2) is 0 Å². The first-order chi connectivity index (χ1) is 16.1. The van der Waals surface area contributed by atoms with Gasteiger partial charge in [0.2, 0.25) is 5.91 Å². The van der Waals surface area contributed by atoms with E-state index in [1.807, 2.05) is 0 Å². The Morgan fingerprint density at radius 2 is 1.68 bits per heavy atom. The van der Waals surface area contributed by atoms with Gasteiger partial charge in [-0.3, -0.25) is 4.79 Å². The molecule has 0 spiro atoms. The maximum absolute atomic E-state index is 12.3. The number of anilines is 1. The van der Waals surface area contributed by atoms with Gasteiger partial charge < -0.3 is 30.6 Å². The average molecular weight is 483 g/mol. The Kier molecular flexibility index (Phi) is 9.84. The van der Waals surface area contributed by atoms with Crippen molar-refractivity contribution in [2.24, 2.45) is 5.73 Å². The molecular weight excluding hydrogens is 455 g/mol. The van der Waals surface area contributed by atoms with Crippen LogP contribution >= 0.6 is 0 Å². The third-order valence-electron chi connectivity index (χ3n) is 4.95. The van der Waals surface area contributed by atoms with Crippen LogP contribution in [0.1, 0.15) is 42.5 Å². The maximum Gasteiger partial charge on any atom is 0.573 e. The number of nitrogens with two attached hydrogens (primary N) is 1. The largest absolute Gasteiger partial charge is 0.573 e. The van der Waals surface area contributed by atoms with Crippen LogP contribution in [0.2, 0.25) is 0 Å². The normalized spacial score (nSPS) is 13.7. The Morgan fingerprint density at radius 1 is 0.971 bits per heavy atom. The SMILES string of the molecule is COc1ccc(OC(F)(F)F)cc1NC(=O)NC1CCCCC1.COc1cccc(C(N)=O)c1. The van der Waals surface area contributed by atoms with Crippen LogP contribution in [0.15, 0.2) is 42.5 Å².